The van der Waals surface area contributed by atoms with Gasteiger partial charge in [0.2, 0.25) is 0 Å². The van der Waals surface area contributed by atoms with Gasteiger partial charge in [-0.2, -0.15) is 18.6 Å². The van der Waals surface area contributed by atoms with E-state index in [0.29, 0.717) is 0 Å². The molecular weight excluding hydrogens is 348 g/mol. The van der Waals surface area contributed by atoms with Crippen molar-refractivity contribution in [2.75, 3.05) is 26.1 Å². The quantitative estimate of drug-likeness (QED) is 0.258. The van der Waals surface area contributed by atoms with Gasteiger partial charge in [0.05, 0.1) is 5.56 Å². The van der Waals surface area contributed by atoms with Crippen LogP contribution in [0.2, 0.25) is 0 Å². The van der Waals surface area contributed by atoms with Crippen molar-refractivity contribution in [2.24, 2.45) is 0 Å². The van der Waals surface area contributed by atoms with Gasteiger partial charge in [-0.05, 0) is 18.6 Å². The summed E-state index contributed by atoms with van der Waals surface area (Å²) < 4.78 is 50.4. The van der Waals surface area contributed by atoms with Crippen LogP contribution < -0.4 is 10.7 Å². The highest BCUT2D eigenvalue weighted by molar-refractivity contribution is 5.99. The minimum Gasteiger partial charge on any atom is -0.352 e. The van der Waals surface area contributed by atoms with Crippen LogP contribution in [0, 0.1) is 5.82 Å². The second-order valence-electron chi connectivity index (χ2n) is 5.32. The van der Waals surface area contributed by atoms with Gasteiger partial charge in [-0.1, -0.05) is 11.6 Å². The number of hydrogen-bond acceptors (Lipinski definition) is 5. The van der Waals surface area contributed by atoms with Crippen LogP contribution in [0.3, 0.4) is 0 Å². The highest BCUT2D eigenvalue weighted by Crippen LogP contribution is 2.26. The normalized spacial score (nSPS) is 12.2. The number of carbonyl (C=O) groups excluding carboxylic acids is 1. The Bertz CT molecular complexity index is 647. The second kappa shape index (κ2) is 7.78. The number of rotatable bonds is 7. The molecule has 0 radical (unpaired) electrons. The molecule has 11 heteroatoms. The summed E-state index contributed by atoms with van der Waals surface area (Å²) >= 11 is 0. The van der Waals surface area contributed by atoms with E-state index in [9.17, 15) is 32.8 Å². The van der Waals surface area contributed by atoms with Gasteiger partial charge in [0.25, 0.3) is 5.91 Å². The second-order valence-corrected chi connectivity index (χ2v) is 5.32. The number of carbonyl (C=O) groups is 1. The highest BCUT2D eigenvalue weighted by Gasteiger charge is 2.32. The Kier molecular flexibility index (Phi) is 6.48. The summed E-state index contributed by atoms with van der Waals surface area (Å²) in [4.78, 5) is 12.1. The molecule has 0 heterocycles. The number of benzene rings is 1. The number of nitrogens with one attached hydrogen (secondary N) is 2. The molecule has 0 saturated heterocycles. The molecule has 0 aromatic heterocycles. The minimum atomic E-state index is -4.55. The van der Waals surface area contributed by atoms with E-state index in [0.717, 1.165) is 23.2 Å². The Balaban J connectivity index is 2.87. The average Bonchev–Trinajstić information content (AvgIpc) is 2.45. The standard InChI is InChI=1S/C14H18F4N4O3/c1-9(14(16,17)18)6-7-19-13(23)11-5-4-10(15)8-12(11)20-22(24,25)21(2)3/h4-5,8,24-25H,1,6-7H2,2-3H3,(H-,19,20,23)/p+1. The number of hydrogen-bond donors (Lipinski definition) is 4. The molecule has 0 aliphatic heterocycles. The Labute approximate surface area is 141 Å². The number of halogens is 4. The highest BCUT2D eigenvalue weighted by atomic mass is 19.4. The summed E-state index contributed by atoms with van der Waals surface area (Å²) in [5, 5.41) is 20.6. The van der Waals surface area contributed by atoms with Gasteiger partial charge in [-0.15, -0.1) is 10.4 Å². The summed E-state index contributed by atoms with van der Waals surface area (Å²) in [6.07, 6.45) is -5.07. The number of amides is 1. The van der Waals surface area contributed by atoms with E-state index in [1.807, 2.05) is 0 Å². The number of nitrogens with zero attached hydrogens (tertiary/aromatic N) is 2. The van der Waals surface area contributed by atoms with Crippen LogP contribution in [-0.2, 0) is 0 Å². The van der Waals surface area contributed by atoms with E-state index in [2.05, 4.69) is 17.3 Å². The largest absolute Gasteiger partial charge is 0.412 e. The molecule has 0 fully saturated rings. The van der Waals surface area contributed by atoms with E-state index in [4.69, 9.17) is 0 Å². The lowest BCUT2D eigenvalue weighted by atomic mass is 10.1. The minimum absolute atomic E-state index is 0.188. The van der Waals surface area contributed by atoms with Crippen molar-refractivity contribution >= 4 is 11.6 Å². The molecule has 0 unspecified atom stereocenters. The van der Waals surface area contributed by atoms with Crippen LogP contribution in [0.1, 0.15) is 16.8 Å². The zero-order valence-corrected chi connectivity index (χ0v) is 13.6. The Morgan fingerprint density at radius 2 is 1.92 bits per heavy atom. The predicted molar refractivity (Wildman–Crippen MR) is 79.7 cm³/mol. The van der Waals surface area contributed by atoms with E-state index in [1.165, 1.54) is 14.1 Å². The molecule has 4 N–H and O–H groups in total. The van der Waals surface area contributed by atoms with E-state index >= 15 is 0 Å². The van der Waals surface area contributed by atoms with Crippen molar-refractivity contribution < 1.29 is 37.8 Å². The first-order chi connectivity index (χ1) is 11.3. The zero-order chi connectivity index (χ0) is 19.4. The van der Waals surface area contributed by atoms with Crippen LogP contribution in [0.5, 0.6) is 0 Å². The van der Waals surface area contributed by atoms with Crippen molar-refractivity contribution in [2.45, 2.75) is 12.6 Å². The van der Waals surface area contributed by atoms with Crippen LogP contribution >= 0.6 is 0 Å². The molecule has 0 bridgehead atoms. The van der Waals surface area contributed by atoms with Crippen molar-refractivity contribution in [1.29, 1.82) is 0 Å². The van der Waals surface area contributed by atoms with Crippen molar-refractivity contribution in [1.82, 2.24) is 10.3 Å². The summed E-state index contributed by atoms with van der Waals surface area (Å²) in [7, 11) is 2.57. The molecule has 1 rings (SSSR count). The van der Waals surface area contributed by atoms with Gasteiger partial charge >= 0.3 is 6.18 Å². The lowest BCUT2D eigenvalue weighted by Crippen LogP contribution is -2.56. The van der Waals surface area contributed by atoms with Crippen LogP contribution in [0.15, 0.2) is 30.4 Å². The van der Waals surface area contributed by atoms with Gasteiger partial charge in [0.15, 0.2) is 0 Å². The molecule has 1 amide bonds. The van der Waals surface area contributed by atoms with Gasteiger partial charge in [0.1, 0.15) is 16.5 Å². The van der Waals surface area contributed by atoms with E-state index in [1.54, 1.807) is 0 Å². The first-order valence-corrected chi connectivity index (χ1v) is 6.98. The predicted octanol–water partition coefficient (Wildman–Crippen LogP) is 2.46. The summed E-state index contributed by atoms with van der Waals surface area (Å²) in [6, 6.07) is 2.85. The Morgan fingerprint density at radius 3 is 2.44 bits per heavy atom. The monoisotopic (exact) mass is 367 g/mol. The molecule has 0 saturated carbocycles. The molecule has 0 spiro atoms. The van der Waals surface area contributed by atoms with Gasteiger partial charge < -0.3 is 5.32 Å². The fourth-order valence-corrected chi connectivity index (χ4v) is 1.63. The average molecular weight is 367 g/mol. The van der Waals surface area contributed by atoms with Gasteiger partial charge in [0, 0.05) is 32.3 Å². The fourth-order valence-electron chi connectivity index (χ4n) is 1.63. The van der Waals surface area contributed by atoms with E-state index in [-0.39, 0.29) is 17.8 Å². The molecule has 0 aliphatic rings. The third-order valence-corrected chi connectivity index (χ3v) is 3.17. The maximum absolute atomic E-state index is 13.4. The lowest BCUT2D eigenvalue weighted by Gasteiger charge is -2.26. The topological polar surface area (TPSA) is 84.8 Å². The third-order valence-electron chi connectivity index (χ3n) is 3.17. The van der Waals surface area contributed by atoms with Gasteiger partial charge in [-0.25, -0.2) is 4.39 Å². The lowest BCUT2D eigenvalue weighted by molar-refractivity contribution is -1.30. The molecule has 7 nitrogen and oxygen atoms in total. The Morgan fingerprint density at radius 1 is 1.32 bits per heavy atom. The molecule has 140 valence electrons. The molecule has 0 atom stereocenters. The zero-order valence-electron chi connectivity index (χ0n) is 13.6. The third kappa shape index (κ3) is 5.98. The van der Waals surface area contributed by atoms with E-state index < -0.39 is 34.9 Å². The summed E-state index contributed by atoms with van der Waals surface area (Å²) in [5.41, 5.74) is 0.646. The number of alkyl halides is 3. The van der Waals surface area contributed by atoms with Crippen LogP contribution in [-0.4, -0.2) is 53.2 Å². The molecule has 1 aromatic rings. The van der Waals surface area contributed by atoms with Crippen LogP contribution in [0.25, 0.3) is 0 Å². The van der Waals surface area contributed by atoms with Crippen molar-refractivity contribution in [3.05, 3.63) is 41.7 Å². The first-order valence-electron chi connectivity index (χ1n) is 6.98. The maximum atomic E-state index is 13.4. The molecular formula is C14H19F4N4O3+. The summed E-state index contributed by atoms with van der Waals surface area (Å²) in [5.74, 6) is -1.58. The molecule has 1 aromatic carbocycles. The van der Waals surface area contributed by atoms with Crippen molar-refractivity contribution in [3.8, 4) is 0 Å². The van der Waals surface area contributed by atoms with Gasteiger partial charge in [-0.3, -0.25) is 4.79 Å². The fraction of sp³-hybridized carbons (Fsp3) is 0.357. The number of anilines is 1. The SMILES string of the molecule is C=C(CCNC(=O)c1ccc(F)cc1N[N+](O)(O)N(C)C)C(F)(F)F. The molecule has 25 heavy (non-hydrogen) atoms. The molecule has 0 aliphatic carbocycles. The smallest absolute Gasteiger partial charge is 0.352 e. The number of quaternary nitrogens is 1. The maximum Gasteiger partial charge on any atom is 0.412 e. The Hall–Kier alpha value is -2.21. The first kappa shape index (κ1) is 20.8. The van der Waals surface area contributed by atoms with Crippen LogP contribution in [0.4, 0.5) is 23.2 Å². The van der Waals surface area contributed by atoms with Crippen molar-refractivity contribution in [3.63, 3.8) is 0 Å². The summed E-state index contributed by atoms with van der Waals surface area (Å²) in [6.45, 7) is 2.53.